The highest BCUT2D eigenvalue weighted by Gasteiger charge is 2.02. The van der Waals surface area contributed by atoms with E-state index in [9.17, 15) is 4.39 Å². The second-order valence-electron chi connectivity index (χ2n) is 1.56. The SMILES string of the molecule is CC(C)(N)F. The van der Waals surface area contributed by atoms with Crippen LogP contribution in [0.3, 0.4) is 0 Å². The first-order valence-corrected chi connectivity index (χ1v) is 1.48. The zero-order valence-electron chi connectivity index (χ0n) is 3.46. The van der Waals surface area contributed by atoms with Crippen LogP contribution in [0.4, 0.5) is 4.39 Å². The highest BCUT2D eigenvalue weighted by molar-refractivity contribution is 4.49. The molecule has 0 amide bonds. The van der Waals surface area contributed by atoms with Gasteiger partial charge in [0.05, 0.1) is 0 Å². The van der Waals surface area contributed by atoms with Gasteiger partial charge in [-0.25, -0.2) is 4.39 Å². The summed E-state index contributed by atoms with van der Waals surface area (Å²) in [6.45, 7) is 2.60. The third kappa shape index (κ3) is 1150. The maximum atomic E-state index is 11.5. The van der Waals surface area contributed by atoms with Gasteiger partial charge in [0.15, 0.2) is 5.79 Å². The number of rotatable bonds is 0. The van der Waals surface area contributed by atoms with Gasteiger partial charge in [-0.1, -0.05) is 0 Å². The first-order valence-electron chi connectivity index (χ1n) is 1.48. The molecule has 0 saturated carbocycles. The molecule has 0 bridgehead atoms. The summed E-state index contributed by atoms with van der Waals surface area (Å²) in [5, 5.41) is 0. The van der Waals surface area contributed by atoms with Crippen LogP contribution in [0.15, 0.2) is 0 Å². The van der Waals surface area contributed by atoms with E-state index in [4.69, 9.17) is 0 Å². The van der Waals surface area contributed by atoms with E-state index in [2.05, 4.69) is 5.73 Å². The molecule has 1 nitrogen and oxygen atoms in total. The summed E-state index contributed by atoms with van der Waals surface area (Å²) in [6, 6.07) is 0. The number of hydrogen-bond donors (Lipinski definition) is 1. The molecule has 0 aromatic carbocycles. The summed E-state index contributed by atoms with van der Waals surface area (Å²) < 4.78 is 11.5. The second-order valence-corrected chi connectivity index (χ2v) is 1.56. The fourth-order valence-electron chi connectivity index (χ4n) is 0. The van der Waals surface area contributed by atoms with Crippen molar-refractivity contribution in [3.8, 4) is 0 Å². The lowest BCUT2D eigenvalue weighted by atomic mass is 10.4. The number of halogens is 1. The Morgan fingerprint density at radius 1 is 1.60 bits per heavy atom. The minimum absolute atomic E-state index is 1.30. The van der Waals surface area contributed by atoms with E-state index in [0.29, 0.717) is 0 Å². The van der Waals surface area contributed by atoms with Crippen LogP contribution in [0, 0.1) is 0 Å². The Labute approximate surface area is 31.0 Å². The first-order chi connectivity index (χ1) is 2.00. The van der Waals surface area contributed by atoms with E-state index in [1.165, 1.54) is 13.8 Å². The minimum Gasteiger partial charge on any atom is -0.300 e. The van der Waals surface area contributed by atoms with Crippen LogP contribution in [0.1, 0.15) is 13.8 Å². The van der Waals surface area contributed by atoms with Crippen molar-refractivity contribution >= 4 is 0 Å². The Hall–Kier alpha value is -0.110. The van der Waals surface area contributed by atoms with Crippen LogP contribution in [-0.4, -0.2) is 5.79 Å². The molecule has 0 aromatic heterocycles. The standard InChI is InChI=1S/C3H8FN/c1-3(2,4)5/h5H2,1-2H3. The van der Waals surface area contributed by atoms with Crippen molar-refractivity contribution in [2.75, 3.05) is 0 Å². The molecule has 2 heteroatoms. The van der Waals surface area contributed by atoms with E-state index in [0.717, 1.165) is 0 Å². The lowest BCUT2D eigenvalue weighted by Crippen LogP contribution is -2.24. The topological polar surface area (TPSA) is 26.0 Å². The summed E-state index contributed by atoms with van der Waals surface area (Å²) in [5.74, 6) is -1.50. The molecule has 5 heavy (non-hydrogen) atoms. The Morgan fingerprint density at radius 2 is 1.60 bits per heavy atom. The molecule has 0 fully saturated rings. The molecule has 0 unspecified atom stereocenters. The number of alkyl halides is 1. The molecule has 0 heterocycles. The van der Waals surface area contributed by atoms with Crippen molar-refractivity contribution in [3.05, 3.63) is 0 Å². The van der Waals surface area contributed by atoms with Crippen molar-refractivity contribution in [2.24, 2.45) is 5.73 Å². The average Bonchev–Trinajstić information content (AvgIpc) is 0.722. The molecule has 0 aliphatic heterocycles. The predicted molar refractivity (Wildman–Crippen MR) is 19.4 cm³/mol. The van der Waals surface area contributed by atoms with Gasteiger partial charge in [0.25, 0.3) is 0 Å². The summed E-state index contributed by atoms with van der Waals surface area (Å²) in [6.07, 6.45) is 0. The molecular weight excluding hydrogens is 69.0 g/mol. The van der Waals surface area contributed by atoms with Gasteiger partial charge in [-0.2, -0.15) is 0 Å². The fourth-order valence-corrected chi connectivity index (χ4v) is 0. The summed E-state index contributed by atoms with van der Waals surface area (Å²) in [5.41, 5.74) is 4.69. The second kappa shape index (κ2) is 0.937. The molecular formula is C3H8FN. The van der Waals surface area contributed by atoms with E-state index in [-0.39, 0.29) is 0 Å². The van der Waals surface area contributed by atoms with E-state index >= 15 is 0 Å². The van der Waals surface area contributed by atoms with Gasteiger partial charge in [0.2, 0.25) is 0 Å². The zero-order valence-corrected chi connectivity index (χ0v) is 3.46. The smallest absolute Gasteiger partial charge is 0.153 e. The van der Waals surface area contributed by atoms with Gasteiger partial charge in [-0.3, -0.25) is 5.73 Å². The van der Waals surface area contributed by atoms with Crippen LogP contribution in [-0.2, 0) is 0 Å². The van der Waals surface area contributed by atoms with Crippen molar-refractivity contribution < 1.29 is 4.39 Å². The Balaban J connectivity index is 3.02. The molecule has 0 spiro atoms. The van der Waals surface area contributed by atoms with Gasteiger partial charge in [0.1, 0.15) is 0 Å². The molecule has 0 atom stereocenters. The monoisotopic (exact) mass is 77.1 g/mol. The van der Waals surface area contributed by atoms with Gasteiger partial charge in [0, 0.05) is 0 Å². The van der Waals surface area contributed by atoms with Crippen LogP contribution in [0.5, 0.6) is 0 Å². The highest BCUT2D eigenvalue weighted by atomic mass is 19.1. The summed E-state index contributed by atoms with van der Waals surface area (Å²) in [7, 11) is 0. The van der Waals surface area contributed by atoms with Gasteiger partial charge in [-0.15, -0.1) is 0 Å². The third-order valence-corrected chi connectivity index (χ3v) is 0. The maximum absolute atomic E-state index is 11.5. The molecule has 0 aromatic rings. The van der Waals surface area contributed by atoms with Gasteiger partial charge < -0.3 is 0 Å². The molecule has 32 valence electrons. The maximum Gasteiger partial charge on any atom is 0.153 e. The van der Waals surface area contributed by atoms with Crippen LogP contribution in [0.25, 0.3) is 0 Å². The zero-order chi connectivity index (χ0) is 4.50. The van der Waals surface area contributed by atoms with Crippen molar-refractivity contribution in [1.82, 2.24) is 0 Å². The normalized spacial score (nSPS) is 12.0. The molecule has 0 radical (unpaired) electrons. The largest absolute Gasteiger partial charge is 0.300 e. The van der Waals surface area contributed by atoms with Crippen molar-refractivity contribution in [2.45, 2.75) is 19.6 Å². The number of nitrogens with two attached hydrogens (primary N) is 1. The van der Waals surface area contributed by atoms with Gasteiger partial charge >= 0.3 is 0 Å². The highest BCUT2D eigenvalue weighted by Crippen LogP contribution is 1.93. The molecule has 0 aliphatic carbocycles. The molecule has 2 N–H and O–H groups in total. The van der Waals surface area contributed by atoms with Crippen LogP contribution < -0.4 is 5.73 Å². The van der Waals surface area contributed by atoms with E-state index in [1.54, 1.807) is 0 Å². The van der Waals surface area contributed by atoms with E-state index in [1.807, 2.05) is 0 Å². The summed E-state index contributed by atoms with van der Waals surface area (Å²) >= 11 is 0. The molecule has 0 rings (SSSR count). The lowest BCUT2D eigenvalue weighted by Gasteiger charge is -2.00. The summed E-state index contributed by atoms with van der Waals surface area (Å²) in [4.78, 5) is 0. The van der Waals surface area contributed by atoms with Crippen molar-refractivity contribution in [1.29, 1.82) is 0 Å². The predicted octanol–water partition coefficient (Wildman–Crippen LogP) is 0.651. The van der Waals surface area contributed by atoms with Crippen LogP contribution >= 0.6 is 0 Å². The minimum atomic E-state index is -1.50. The fraction of sp³-hybridized carbons (Fsp3) is 1.00. The Kier molecular flexibility index (Phi) is 0.916. The Morgan fingerprint density at radius 3 is 1.60 bits per heavy atom. The van der Waals surface area contributed by atoms with Crippen molar-refractivity contribution in [3.63, 3.8) is 0 Å². The van der Waals surface area contributed by atoms with Crippen LogP contribution in [0.2, 0.25) is 0 Å². The first kappa shape index (κ1) is 4.89. The third-order valence-electron chi connectivity index (χ3n) is 0. The molecule has 0 aliphatic rings. The van der Waals surface area contributed by atoms with Gasteiger partial charge in [-0.05, 0) is 13.8 Å². The lowest BCUT2D eigenvalue weighted by molar-refractivity contribution is 0.228. The number of hydrogen-bond acceptors (Lipinski definition) is 1. The Bertz CT molecular complexity index is 22.4. The van der Waals surface area contributed by atoms with E-state index < -0.39 is 5.79 Å². The quantitative estimate of drug-likeness (QED) is 0.422. The average molecular weight is 77.1 g/mol. The molecule has 0 saturated heterocycles.